The predicted molar refractivity (Wildman–Crippen MR) is 151 cm³/mol. The molecule has 1 saturated carbocycles. The van der Waals surface area contributed by atoms with E-state index in [0.29, 0.717) is 29.8 Å². The number of nitrogens with two attached hydrogens (primary N) is 1. The van der Waals surface area contributed by atoms with E-state index in [2.05, 4.69) is 10.3 Å². The smallest absolute Gasteiger partial charge is 0.336 e. The molecule has 11 nitrogen and oxygen atoms in total. The Morgan fingerprint density at radius 3 is 2.52 bits per heavy atom. The molecular weight excluding hydrogens is 515 g/mol. The Bertz CT molecular complexity index is 1940. The van der Waals surface area contributed by atoms with Crippen LogP contribution in [0.15, 0.2) is 61.8 Å². The van der Waals surface area contributed by atoms with E-state index in [0.717, 1.165) is 4.90 Å². The van der Waals surface area contributed by atoms with Crippen molar-refractivity contribution in [1.29, 1.82) is 5.26 Å². The average Bonchev–Trinajstić information content (AvgIpc) is 3.76. The van der Waals surface area contributed by atoms with Gasteiger partial charge in [-0.05, 0) is 62.6 Å². The first kappa shape index (κ1) is 26.4. The third kappa shape index (κ3) is 4.41. The van der Waals surface area contributed by atoms with Crippen LogP contribution >= 0.6 is 0 Å². The third-order valence-corrected chi connectivity index (χ3v) is 6.96. The van der Waals surface area contributed by atoms with E-state index < -0.39 is 22.6 Å². The fraction of sp³-hybridized carbons (Fsp3) is 0.250. The number of aryl methyl sites for hydroxylation is 2. The summed E-state index contributed by atoms with van der Waals surface area (Å²) < 4.78 is 18.6. The van der Waals surface area contributed by atoms with Crippen molar-refractivity contribution in [3.63, 3.8) is 0 Å². The lowest BCUT2D eigenvalue weighted by atomic mass is 10.1. The van der Waals surface area contributed by atoms with E-state index in [1.165, 1.54) is 39.9 Å². The molecule has 0 radical (unpaired) electrons. The molecule has 0 amide bonds. The number of nitrogens with one attached hydrogen (secondary N) is 1. The van der Waals surface area contributed by atoms with Crippen LogP contribution in [-0.4, -0.2) is 31.6 Å². The molecule has 2 aromatic heterocycles. The monoisotopic (exact) mass is 542 g/mol. The number of hydrogen-bond donors (Lipinski definition) is 2. The number of aliphatic imine (C=N–C) groups is 1. The van der Waals surface area contributed by atoms with Gasteiger partial charge in [0.1, 0.15) is 17.0 Å². The number of pyridine rings is 1. The van der Waals surface area contributed by atoms with Crippen LogP contribution in [0.4, 0.5) is 21.6 Å². The highest BCUT2D eigenvalue weighted by molar-refractivity contribution is 5.94. The van der Waals surface area contributed by atoms with E-state index in [1.807, 2.05) is 6.19 Å². The summed E-state index contributed by atoms with van der Waals surface area (Å²) in [4.78, 5) is 46.6. The van der Waals surface area contributed by atoms with Gasteiger partial charge in [-0.3, -0.25) is 28.2 Å². The molecule has 1 fully saturated rings. The van der Waals surface area contributed by atoms with E-state index >= 15 is 0 Å². The summed E-state index contributed by atoms with van der Waals surface area (Å²) >= 11 is 0. The molecule has 4 aromatic rings. The maximum Gasteiger partial charge on any atom is 0.336 e. The Hall–Kier alpha value is -5.18. The Balaban J connectivity index is 1.87. The van der Waals surface area contributed by atoms with Gasteiger partial charge in [-0.25, -0.2) is 14.2 Å². The fourth-order valence-electron chi connectivity index (χ4n) is 4.66. The maximum atomic E-state index is 14.9. The largest absolute Gasteiger partial charge is 0.369 e. The van der Waals surface area contributed by atoms with Crippen LogP contribution in [0, 0.1) is 31.1 Å². The van der Waals surface area contributed by atoms with E-state index in [-0.39, 0.29) is 40.0 Å². The molecule has 2 heterocycles. The summed E-state index contributed by atoms with van der Waals surface area (Å²) in [5.74, 6) is -0.547. The highest BCUT2D eigenvalue weighted by atomic mass is 19.1. The second-order valence-electron chi connectivity index (χ2n) is 9.84. The molecule has 1 aliphatic rings. The molecule has 0 saturated heterocycles. The van der Waals surface area contributed by atoms with Crippen LogP contribution in [0.25, 0.3) is 16.6 Å². The molecule has 0 spiro atoms. The number of nitrogens with zero attached hydrogens (tertiary/aromatic N) is 6. The molecule has 0 aliphatic heterocycles. The van der Waals surface area contributed by atoms with E-state index in [9.17, 15) is 18.8 Å². The van der Waals surface area contributed by atoms with Crippen LogP contribution in [0.3, 0.4) is 0 Å². The molecule has 5 rings (SSSR count). The first-order valence-electron chi connectivity index (χ1n) is 12.6. The first-order valence-corrected chi connectivity index (χ1v) is 12.6. The van der Waals surface area contributed by atoms with Gasteiger partial charge in [0.15, 0.2) is 6.19 Å². The molecule has 0 unspecified atom stereocenters. The number of hydrogen-bond acceptors (Lipinski definition) is 6. The van der Waals surface area contributed by atoms with Crippen LogP contribution in [0.1, 0.15) is 30.0 Å². The minimum Gasteiger partial charge on any atom is -0.369 e. The molecule has 0 atom stereocenters. The van der Waals surface area contributed by atoms with E-state index in [4.69, 9.17) is 11.0 Å². The van der Waals surface area contributed by atoms with Gasteiger partial charge in [0.2, 0.25) is 5.96 Å². The Morgan fingerprint density at radius 2 is 1.88 bits per heavy atom. The van der Waals surface area contributed by atoms with Gasteiger partial charge < -0.3 is 11.1 Å². The van der Waals surface area contributed by atoms with Crippen molar-refractivity contribution in [1.82, 2.24) is 18.6 Å². The molecule has 2 aromatic carbocycles. The molecule has 1 aliphatic carbocycles. The topological polar surface area (TPSA) is 143 Å². The van der Waals surface area contributed by atoms with Gasteiger partial charge in [0, 0.05) is 25.7 Å². The third-order valence-electron chi connectivity index (χ3n) is 6.96. The predicted octanol–water partition coefficient (Wildman–Crippen LogP) is 3.04. The van der Waals surface area contributed by atoms with Crippen molar-refractivity contribution >= 4 is 34.1 Å². The zero-order valence-electron chi connectivity index (χ0n) is 22.4. The lowest BCUT2D eigenvalue weighted by Crippen LogP contribution is -2.41. The van der Waals surface area contributed by atoms with Gasteiger partial charge in [-0.15, -0.1) is 0 Å². The summed E-state index contributed by atoms with van der Waals surface area (Å²) in [7, 11) is 2.94. The van der Waals surface area contributed by atoms with Crippen LogP contribution in [0.5, 0.6) is 0 Å². The molecule has 3 N–H and O–H groups in total. The van der Waals surface area contributed by atoms with Crippen LogP contribution in [-0.2, 0) is 7.05 Å². The molecule has 0 bridgehead atoms. The second kappa shape index (κ2) is 9.85. The van der Waals surface area contributed by atoms with Crippen molar-refractivity contribution < 1.29 is 4.39 Å². The summed E-state index contributed by atoms with van der Waals surface area (Å²) in [5, 5.41) is 12.1. The average molecular weight is 543 g/mol. The molecular formula is C28H27FN8O3. The molecule has 40 heavy (non-hydrogen) atoms. The van der Waals surface area contributed by atoms with Crippen LogP contribution in [0.2, 0.25) is 0 Å². The molecule has 12 heteroatoms. The standard InChI is InChI=1S/C28H27FN8O3/c1-15-8-11-21(20(29)12-15)33-24-22-23(16(2)25(38)35(24)4)36(28(40)37(26(22)39)18-9-10-18)19-7-5-6-17(13-19)32-27(31)34(3)14-30/h5-8,11-13,18,33H,9-10H2,1-4H3,(H2,31,32). The number of anilines is 2. The summed E-state index contributed by atoms with van der Waals surface area (Å²) in [5.41, 5.74) is 6.00. The maximum absolute atomic E-state index is 14.9. The lowest BCUT2D eigenvalue weighted by molar-refractivity contribution is 0.630. The highest BCUT2D eigenvalue weighted by Crippen LogP contribution is 2.34. The lowest BCUT2D eigenvalue weighted by Gasteiger charge is -2.21. The number of rotatable bonds is 5. The second-order valence-corrected chi connectivity index (χ2v) is 9.84. The van der Waals surface area contributed by atoms with Crippen molar-refractivity contribution in [2.24, 2.45) is 17.8 Å². The van der Waals surface area contributed by atoms with Crippen LogP contribution < -0.4 is 27.9 Å². The number of aromatic nitrogens is 3. The fourth-order valence-corrected chi connectivity index (χ4v) is 4.66. The van der Waals surface area contributed by atoms with Gasteiger partial charge in [0.25, 0.3) is 11.1 Å². The Kier molecular flexibility index (Phi) is 6.51. The van der Waals surface area contributed by atoms with Gasteiger partial charge in [-0.2, -0.15) is 5.26 Å². The van der Waals surface area contributed by atoms with Gasteiger partial charge in [-0.1, -0.05) is 12.1 Å². The first-order chi connectivity index (χ1) is 19.0. The van der Waals surface area contributed by atoms with Crippen molar-refractivity contribution in [3.8, 4) is 11.9 Å². The normalized spacial score (nSPS) is 13.3. The quantitative estimate of drug-likeness (QED) is 0.171. The summed E-state index contributed by atoms with van der Waals surface area (Å²) in [6.07, 6.45) is 3.17. The summed E-state index contributed by atoms with van der Waals surface area (Å²) in [6.45, 7) is 3.29. The van der Waals surface area contributed by atoms with E-state index in [1.54, 1.807) is 44.2 Å². The highest BCUT2D eigenvalue weighted by Gasteiger charge is 2.31. The van der Waals surface area contributed by atoms with Gasteiger partial charge in [0.05, 0.1) is 22.6 Å². The zero-order valence-corrected chi connectivity index (χ0v) is 22.4. The molecule has 204 valence electrons. The van der Waals surface area contributed by atoms with Crippen molar-refractivity contribution in [2.45, 2.75) is 32.7 Å². The SMILES string of the molecule is Cc1ccc(Nc2c3c(=O)n(C4CC4)c(=O)n(-c4cccc(N=C(N)N(C)C#N)c4)c3c(C)c(=O)n2C)c(F)c1. The number of benzene rings is 2. The zero-order chi connectivity index (χ0) is 28.9. The number of nitriles is 1. The number of fused-ring (bicyclic) bond motifs is 1. The Labute approximate surface area is 227 Å². The van der Waals surface area contributed by atoms with Crippen molar-refractivity contribution in [2.75, 3.05) is 12.4 Å². The minimum absolute atomic E-state index is 0.0588. The van der Waals surface area contributed by atoms with Gasteiger partial charge >= 0.3 is 5.69 Å². The number of halogens is 1. The number of guanidine groups is 1. The Morgan fingerprint density at radius 1 is 1.15 bits per heavy atom. The van der Waals surface area contributed by atoms with Crippen molar-refractivity contribution in [3.05, 3.63) is 90.6 Å². The summed E-state index contributed by atoms with van der Waals surface area (Å²) in [6, 6.07) is 10.8. The minimum atomic E-state index is -0.605.